The normalized spacial score (nSPS) is 15.2. The van der Waals surface area contributed by atoms with Crippen molar-refractivity contribution in [2.75, 3.05) is 31.1 Å². The molecule has 0 radical (unpaired) electrons. The summed E-state index contributed by atoms with van der Waals surface area (Å²) in [5.41, 5.74) is 5.25. The molecular formula is C24H26N6O2. The molecule has 1 amide bonds. The topological polar surface area (TPSA) is 67.9 Å². The molecule has 1 atom stereocenters. The number of hydrogen-bond acceptors (Lipinski definition) is 5. The maximum absolute atomic E-state index is 12.6. The fourth-order valence-electron chi connectivity index (χ4n) is 4.10. The van der Waals surface area contributed by atoms with Crippen LogP contribution in [0.25, 0.3) is 16.6 Å². The van der Waals surface area contributed by atoms with Gasteiger partial charge in [0.15, 0.2) is 0 Å². The summed E-state index contributed by atoms with van der Waals surface area (Å²) in [5.74, 6) is 0. The number of anilines is 1. The van der Waals surface area contributed by atoms with Gasteiger partial charge in [-0.3, -0.25) is 4.68 Å². The molecule has 5 rings (SSSR count). The lowest BCUT2D eigenvalue weighted by atomic mass is 10.1. The summed E-state index contributed by atoms with van der Waals surface area (Å²) in [7, 11) is 1.91. The number of aryl methyl sites for hydroxylation is 1. The Labute approximate surface area is 186 Å². The van der Waals surface area contributed by atoms with Gasteiger partial charge in [0.25, 0.3) is 0 Å². The van der Waals surface area contributed by atoms with Crippen molar-refractivity contribution >= 4 is 17.3 Å². The number of benzene rings is 1. The first-order valence-corrected chi connectivity index (χ1v) is 10.8. The summed E-state index contributed by atoms with van der Waals surface area (Å²) in [4.78, 5) is 16.7. The van der Waals surface area contributed by atoms with E-state index in [4.69, 9.17) is 4.74 Å². The van der Waals surface area contributed by atoms with Crippen molar-refractivity contribution in [1.82, 2.24) is 24.3 Å². The van der Waals surface area contributed by atoms with E-state index in [2.05, 4.69) is 27.2 Å². The minimum Gasteiger partial charge on any atom is -0.442 e. The first-order chi connectivity index (χ1) is 15.6. The fraction of sp³-hybridized carbons (Fsp3) is 0.292. The van der Waals surface area contributed by atoms with Gasteiger partial charge in [0.1, 0.15) is 6.10 Å². The lowest BCUT2D eigenvalue weighted by Gasteiger charge is -2.35. The second-order valence-electron chi connectivity index (χ2n) is 8.09. The number of carbonyl (C=O) groups excluding carboxylic acids is 1. The molecule has 8 nitrogen and oxygen atoms in total. The van der Waals surface area contributed by atoms with Crippen LogP contribution in [0.15, 0.2) is 67.3 Å². The summed E-state index contributed by atoms with van der Waals surface area (Å²) in [6, 6.07) is 14.0. The van der Waals surface area contributed by atoms with Crippen molar-refractivity contribution in [3.8, 4) is 11.1 Å². The van der Waals surface area contributed by atoms with Gasteiger partial charge in [-0.1, -0.05) is 36.4 Å². The molecule has 1 aromatic carbocycles. The second-order valence-corrected chi connectivity index (χ2v) is 8.09. The van der Waals surface area contributed by atoms with Crippen molar-refractivity contribution < 1.29 is 9.53 Å². The van der Waals surface area contributed by atoms with Crippen LogP contribution in [0.1, 0.15) is 18.6 Å². The third kappa shape index (κ3) is 3.91. The lowest BCUT2D eigenvalue weighted by molar-refractivity contribution is 0.0681. The molecule has 0 saturated carbocycles. The number of amides is 1. The highest BCUT2D eigenvalue weighted by Crippen LogP contribution is 2.26. The molecule has 0 unspecified atom stereocenters. The zero-order valence-electron chi connectivity index (χ0n) is 18.3. The van der Waals surface area contributed by atoms with Crippen molar-refractivity contribution in [3.05, 3.63) is 72.8 Å². The van der Waals surface area contributed by atoms with Gasteiger partial charge < -0.3 is 14.5 Å². The number of aromatic nitrogens is 4. The molecule has 1 aliphatic rings. The predicted octanol–water partition coefficient (Wildman–Crippen LogP) is 3.75. The number of carbonyl (C=O) groups is 1. The zero-order chi connectivity index (χ0) is 22.1. The van der Waals surface area contributed by atoms with E-state index in [1.165, 1.54) is 0 Å². The Morgan fingerprint density at radius 3 is 2.44 bits per heavy atom. The first-order valence-electron chi connectivity index (χ1n) is 10.8. The van der Waals surface area contributed by atoms with Crippen molar-refractivity contribution in [2.24, 2.45) is 7.05 Å². The van der Waals surface area contributed by atoms with Gasteiger partial charge in [-0.2, -0.15) is 10.2 Å². The molecule has 0 aliphatic carbocycles. The largest absolute Gasteiger partial charge is 0.442 e. The van der Waals surface area contributed by atoms with Gasteiger partial charge in [0.05, 0.1) is 23.6 Å². The molecule has 32 heavy (non-hydrogen) atoms. The monoisotopic (exact) mass is 430 g/mol. The van der Waals surface area contributed by atoms with Gasteiger partial charge in [0, 0.05) is 56.7 Å². The highest BCUT2D eigenvalue weighted by molar-refractivity contribution is 5.76. The van der Waals surface area contributed by atoms with E-state index in [1.54, 1.807) is 9.58 Å². The maximum atomic E-state index is 12.6. The molecule has 0 spiro atoms. The van der Waals surface area contributed by atoms with E-state index in [0.29, 0.717) is 13.1 Å². The third-order valence-corrected chi connectivity index (χ3v) is 5.96. The van der Waals surface area contributed by atoms with Gasteiger partial charge >= 0.3 is 6.09 Å². The summed E-state index contributed by atoms with van der Waals surface area (Å²) < 4.78 is 9.37. The average Bonchev–Trinajstić information content (AvgIpc) is 3.45. The summed E-state index contributed by atoms with van der Waals surface area (Å²) in [6.45, 7) is 4.61. The van der Waals surface area contributed by atoms with E-state index < -0.39 is 0 Å². The molecule has 0 N–H and O–H groups in total. The van der Waals surface area contributed by atoms with Crippen molar-refractivity contribution in [2.45, 2.75) is 13.0 Å². The van der Waals surface area contributed by atoms with Crippen LogP contribution in [0.2, 0.25) is 0 Å². The molecule has 164 valence electrons. The highest BCUT2D eigenvalue weighted by atomic mass is 16.6. The molecule has 4 heterocycles. The van der Waals surface area contributed by atoms with Crippen LogP contribution in [0.4, 0.5) is 10.5 Å². The molecule has 1 fully saturated rings. The predicted molar refractivity (Wildman–Crippen MR) is 123 cm³/mol. The van der Waals surface area contributed by atoms with Gasteiger partial charge in [-0.15, -0.1) is 0 Å². The summed E-state index contributed by atoms with van der Waals surface area (Å²) >= 11 is 0. The molecule has 8 heteroatoms. The maximum Gasteiger partial charge on any atom is 0.410 e. The van der Waals surface area contributed by atoms with E-state index >= 15 is 0 Å². The Bertz CT molecular complexity index is 1220. The quantitative estimate of drug-likeness (QED) is 0.493. The van der Waals surface area contributed by atoms with Crippen LogP contribution in [0.5, 0.6) is 0 Å². The van der Waals surface area contributed by atoms with Crippen LogP contribution in [0, 0.1) is 0 Å². The van der Waals surface area contributed by atoms with Gasteiger partial charge in [0.2, 0.25) is 0 Å². The molecule has 1 saturated heterocycles. The number of ether oxygens (including phenoxy) is 1. The highest BCUT2D eigenvalue weighted by Gasteiger charge is 2.25. The SMILES string of the molecule is C[C@@H](OC(=O)N1CCN(c2cnn3cc(-c4cnn(C)c4)ccc23)CC1)c1ccccc1. The Kier molecular flexibility index (Phi) is 5.26. The minimum atomic E-state index is -0.268. The van der Waals surface area contributed by atoms with E-state index in [0.717, 1.165) is 41.0 Å². The van der Waals surface area contributed by atoms with Crippen LogP contribution >= 0.6 is 0 Å². The van der Waals surface area contributed by atoms with Crippen molar-refractivity contribution in [3.63, 3.8) is 0 Å². The third-order valence-electron chi connectivity index (χ3n) is 5.96. The Morgan fingerprint density at radius 2 is 1.72 bits per heavy atom. The lowest BCUT2D eigenvalue weighted by Crippen LogP contribution is -2.49. The first kappa shape index (κ1) is 20.1. The number of nitrogens with zero attached hydrogens (tertiary/aromatic N) is 6. The fourth-order valence-corrected chi connectivity index (χ4v) is 4.10. The molecule has 4 aromatic rings. The Morgan fingerprint density at radius 1 is 0.938 bits per heavy atom. The van der Waals surface area contributed by atoms with E-state index in [9.17, 15) is 4.79 Å². The van der Waals surface area contributed by atoms with E-state index in [-0.39, 0.29) is 12.2 Å². The van der Waals surface area contributed by atoms with Gasteiger partial charge in [-0.05, 0) is 18.6 Å². The second kappa shape index (κ2) is 8.37. The Balaban J connectivity index is 1.23. The summed E-state index contributed by atoms with van der Waals surface area (Å²) in [5, 5.41) is 8.80. The zero-order valence-corrected chi connectivity index (χ0v) is 18.3. The standard InChI is InChI=1S/C24H26N6O2/c1-18(19-6-4-3-5-7-19)32-24(31)29-12-10-28(11-13-29)23-15-26-30-17-20(8-9-22(23)30)21-14-25-27(2)16-21/h3-9,14-18H,10-13H2,1-2H3/t18-/m1/s1. The van der Waals surface area contributed by atoms with Crippen LogP contribution in [-0.4, -0.2) is 56.6 Å². The van der Waals surface area contributed by atoms with Crippen LogP contribution < -0.4 is 4.90 Å². The number of piperazine rings is 1. The number of rotatable bonds is 4. The van der Waals surface area contributed by atoms with Gasteiger partial charge in [-0.25, -0.2) is 9.31 Å². The molecule has 0 bridgehead atoms. The smallest absolute Gasteiger partial charge is 0.410 e. The summed E-state index contributed by atoms with van der Waals surface area (Å²) in [6.07, 6.45) is 7.23. The Hall–Kier alpha value is -3.81. The van der Waals surface area contributed by atoms with Crippen molar-refractivity contribution in [1.29, 1.82) is 0 Å². The molecular weight excluding hydrogens is 404 g/mol. The average molecular weight is 431 g/mol. The molecule has 3 aromatic heterocycles. The van der Waals surface area contributed by atoms with E-state index in [1.807, 2.05) is 73.6 Å². The van der Waals surface area contributed by atoms with Crippen LogP contribution in [0.3, 0.4) is 0 Å². The molecule has 1 aliphatic heterocycles. The van der Waals surface area contributed by atoms with Crippen LogP contribution in [-0.2, 0) is 11.8 Å². The number of pyridine rings is 1. The minimum absolute atomic E-state index is 0.262. The number of hydrogen-bond donors (Lipinski definition) is 0. The number of fused-ring (bicyclic) bond motifs is 1.